The van der Waals surface area contributed by atoms with Gasteiger partial charge >= 0.3 is 0 Å². The van der Waals surface area contributed by atoms with Crippen molar-refractivity contribution < 1.29 is 4.79 Å². The maximum atomic E-state index is 12.6. The number of Topliss-reactive ketones (excluding diaryl/α,β-unsaturated/α-hetero) is 1. The maximum absolute atomic E-state index is 12.6. The van der Waals surface area contributed by atoms with Gasteiger partial charge in [-0.25, -0.2) is 0 Å². The van der Waals surface area contributed by atoms with Crippen LogP contribution < -0.4 is 5.32 Å². The minimum Gasteiger partial charge on any atom is -0.351 e. The van der Waals surface area contributed by atoms with Crippen molar-refractivity contribution in [2.45, 2.75) is 50.6 Å². The summed E-state index contributed by atoms with van der Waals surface area (Å²) in [6.45, 7) is 2.00. The van der Waals surface area contributed by atoms with E-state index in [9.17, 15) is 4.79 Å². The molecule has 0 amide bonds. The Bertz CT molecular complexity index is 717. The van der Waals surface area contributed by atoms with Crippen molar-refractivity contribution in [3.63, 3.8) is 0 Å². The molecule has 116 valence electrons. The fourth-order valence-electron chi connectivity index (χ4n) is 4.61. The Hall–Kier alpha value is -1.61. The second kappa shape index (κ2) is 5.24. The highest BCUT2D eigenvalue weighted by Crippen LogP contribution is 2.43. The normalized spacial score (nSPS) is 30.8. The maximum Gasteiger partial charge on any atom is 0.137 e. The van der Waals surface area contributed by atoms with E-state index in [1.165, 1.54) is 22.9 Å². The van der Waals surface area contributed by atoms with E-state index in [2.05, 4.69) is 47.4 Å². The molecule has 1 N–H and O–H groups in total. The molecule has 0 radical (unpaired) electrons. The summed E-state index contributed by atoms with van der Waals surface area (Å²) in [6.07, 6.45) is 6.24. The first-order valence-corrected chi connectivity index (χ1v) is 8.51. The molecule has 2 bridgehead atoms. The summed E-state index contributed by atoms with van der Waals surface area (Å²) < 4.78 is 2.15. The predicted octanol–water partition coefficient (Wildman–Crippen LogP) is 3.38. The van der Waals surface area contributed by atoms with E-state index >= 15 is 0 Å². The highest BCUT2D eigenvalue weighted by Gasteiger charge is 2.44. The monoisotopic (exact) mass is 296 g/mol. The van der Waals surface area contributed by atoms with Gasteiger partial charge in [0.15, 0.2) is 0 Å². The van der Waals surface area contributed by atoms with Gasteiger partial charge in [-0.1, -0.05) is 13.0 Å². The minimum atomic E-state index is 0.157. The molecule has 0 saturated carbocycles. The number of nitrogens with one attached hydrogen (secondary N) is 1. The van der Waals surface area contributed by atoms with Gasteiger partial charge < -0.3 is 9.88 Å². The molecule has 3 heteroatoms. The van der Waals surface area contributed by atoms with Gasteiger partial charge in [0, 0.05) is 43.2 Å². The number of rotatable bonds is 3. The number of piperidine rings is 1. The lowest BCUT2D eigenvalue weighted by Gasteiger charge is -2.37. The molecule has 3 nitrogen and oxygen atoms in total. The van der Waals surface area contributed by atoms with Crippen molar-refractivity contribution in [2.75, 3.05) is 0 Å². The van der Waals surface area contributed by atoms with E-state index < -0.39 is 0 Å². The third-order valence-corrected chi connectivity index (χ3v) is 5.74. The number of carbonyl (C=O) groups excluding carboxylic acids is 1. The third-order valence-electron chi connectivity index (χ3n) is 5.74. The average Bonchev–Trinajstić information content (AvgIpc) is 3.10. The number of aryl methyl sites for hydroxylation is 1. The lowest BCUT2D eigenvalue weighted by atomic mass is 9.74. The number of hydrogen-bond donors (Lipinski definition) is 1. The molecule has 4 rings (SSSR count). The van der Waals surface area contributed by atoms with E-state index in [-0.39, 0.29) is 5.92 Å². The van der Waals surface area contributed by atoms with Gasteiger partial charge in [0.25, 0.3) is 0 Å². The predicted molar refractivity (Wildman–Crippen MR) is 89.0 cm³/mol. The molecule has 4 atom stereocenters. The summed E-state index contributed by atoms with van der Waals surface area (Å²) in [5.41, 5.74) is 2.61. The van der Waals surface area contributed by atoms with Crippen LogP contribution in [0, 0.1) is 5.92 Å². The molecule has 1 aromatic heterocycles. The summed E-state index contributed by atoms with van der Waals surface area (Å²) in [5.74, 6) is 0.969. The SMILES string of the molecule is CCC(=O)[C@H]1[C@@H](c2ccc3c(ccn3C)c2)C[C@@H]2CC[C@H]1N2. The molecule has 2 fully saturated rings. The van der Waals surface area contributed by atoms with Crippen LogP contribution in [-0.4, -0.2) is 22.4 Å². The van der Waals surface area contributed by atoms with E-state index in [0.717, 1.165) is 12.8 Å². The molecule has 1 aromatic carbocycles. The van der Waals surface area contributed by atoms with Gasteiger partial charge in [0.1, 0.15) is 5.78 Å². The molecule has 2 saturated heterocycles. The molecular weight excluding hydrogens is 272 g/mol. The second-order valence-electron chi connectivity index (χ2n) is 6.98. The lowest BCUT2D eigenvalue weighted by molar-refractivity contribution is -0.124. The van der Waals surface area contributed by atoms with Crippen molar-refractivity contribution in [3.8, 4) is 0 Å². The van der Waals surface area contributed by atoms with Crippen molar-refractivity contribution >= 4 is 16.7 Å². The Morgan fingerprint density at radius 1 is 1.32 bits per heavy atom. The number of fused-ring (bicyclic) bond motifs is 3. The zero-order chi connectivity index (χ0) is 15.3. The lowest BCUT2D eigenvalue weighted by Crippen LogP contribution is -2.47. The Morgan fingerprint density at radius 3 is 3.00 bits per heavy atom. The second-order valence-corrected chi connectivity index (χ2v) is 6.98. The number of hydrogen-bond acceptors (Lipinski definition) is 2. The summed E-state index contributed by atoms with van der Waals surface area (Å²) in [7, 11) is 2.08. The minimum absolute atomic E-state index is 0.157. The molecule has 0 unspecified atom stereocenters. The van der Waals surface area contributed by atoms with Crippen LogP contribution in [0.4, 0.5) is 0 Å². The zero-order valence-electron chi connectivity index (χ0n) is 13.4. The van der Waals surface area contributed by atoms with Gasteiger partial charge in [-0.05, 0) is 54.3 Å². The first-order chi connectivity index (χ1) is 10.7. The smallest absolute Gasteiger partial charge is 0.137 e. The van der Waals surface area contributed by atoms with Crippen LogP contribution in [0.3, 0.4) is 0 Å². The van der Waals surface area contributed by atoms with Gasteiger partial charge in [0.2, 0.25) is 0 Å². The van der Waals surface area contributed by atoms with E-state index in [1.54, 1.807) is 0 Å². The topological polar surface area (TPSA) is 34.0 Å². The number of aromatic nitrogens is 1. The fraction of sp³-hybridized carbons (Fsp3) is 0.526. The number of benzene rings is 1. The fourth-order valence-corrected chi connectivity index (χ4v) is 4.61. The van der Waals surface area contributed by atoms with Crippen molar-refractivity contribution in [3.05, 3.63) is 36.0 Å². The molecule has 2 aliphatic heterocycles. The number of nitrogens with zero attached hydrogens (tertiary/aromatic N) is 1. The Morgan fingerprint density at radius 2 is 2.18 bits per heavy atom. The highest BCUT2D eigenvalue weighted by atomic mass is 16.1. The molecule has 3 heterocycles. The van der Waals surface area contributed by atoms with Crippen LogP contribution in [0.25, 0.3) is 10.9 Å². The number of carbonyl (C=O) groups is 1. The summed E-state index contributed by atoms with van der Waals surface area (Å²) in [6, 6.07) is 9.92. The van der Waals surface area contributed by atoms with Crippen LogP contribution >= 0.6 is 0 Å². The summed E-state index contributed by atoms with van der Waals surface area (Å²) in [5, 5.41) is 4.96. The quantitative estimate of drug-likeness (QED) is 0.942. The van der Waals surface area contributed by atoms with Crippen molar-refractivity contribution in [2.24, 2.45) is 13.0 Å². The van der Waals surface area contributed by atoms with Crippen LogP contribution in [0.2, 0.25) is 0 Å². The number of ketones is 1. The molecule has 0 aliphatic carbocycles. The molecule has 22 heavy (non-hydrogen) atoms. The highest BCUT2D eigenvalue weighted by molar-refractivity contribution is 5.84. The van der Waals surface area contributed by atoms with Crippen molar-refractivity contribution in [1.29, 1.82) is 0 Å². The van der Waals surface area contributed by atoms with Crippen molar-refractivity contribution in [1.82, 2.24) is 9.88 Å². The van der Waals surface area contributed by atoms with Crippen LogP contribution in [-0.2, 0) is 11.8 Å². The van der Waals surface area contributed by atoms with Gasteiger partial charge in [-0.2, -0.15) is 0 Å². The average molecular weight is 296 g/mol. The van der Waals surface area contributed by atoms with Gasteiger partial charge in [-0.3, -0.25) is 4.79 Å². The van der Waals surface area contributed by atoms with Crippen LogP contribution in [0.5, 0.6) is 0 Å². The largest absolute Gasteiger partial charge is 0.351 e. The zero-order valence-corrected chi connectivity index (χ0v) is 13.4. The third kappa shape index (κ3) is 2.11. The molecular formula is C19H24N2O. The first-order valence-electron chi connectivity index (χ1n) is 8.51. The Kier molecular flexibility index (Phi) is 3.33. The Balaban J connectivity index is 1.75. The van der Waals surface area contributed by atoms with Crippen LogP contribution in [0.15, 0.2) is 30.5 Å². The first kappa shape index (κ1) is 14.0. The van der Waals surface area contributed by atoms with Gasteiger partial charge in [0.05, 0.1) is 0 Å². The molecule has 0 spiro atoms. The molecule has 2 aliphatic rings. The van der Waals surface area contributed by atoms with Crippen LogP contribution in [0.1, 0.15) is 44.1 Å². The standard InChI is InChI=1S/C19H24N2O/c1-3-18(22)19-15(11-14-5-6-16(19)20-14)12-4-7-17-13(10-12)8-9-21(17)2/h4,7-10,14-16,19-20H,3,5-6,11H2,1-2H3/t14-,15+,16+,19-/m0/s1. The van der Waals surface area contributed by atoms with Gasteiger partial charge in [-0.15, -0.1) is 0 Å². The summed E-state index contributed by atoms with van der Waals surface area (Å²) in [4.78, 5) is 12.6. The van der Waals surface area contributed by atoms with E-state index in [0.29, 0.717) is 30.2 Å². The van der Waals surface area contributed by atoms with E-state index in [1.807, 2.05) is 6.92 Å². The molecule has 2 aromatic rings. The Labute approximate surface area is 131 Å². The summed E-state index contributed by atoms with van der Waals surface area (Å²) >= 11 is 0. The van der Waals surface area contributed by atoms with E-state index in [4.69, 9.17) is 0 Å².